The van der Waals surface area contributed by atoms with Crippen LogP contribution in [0.3, 0.4) is 0 Å². The van der Waals surface area contributed by atoms with Crippen LogP contribution in [0.2, 0.25) is 0 Å². The van der Waals surface area contributed by atoms with E-state index in [0.717, 1.165) is 16.5 Å². The molecule has 1 aromatic heterocycles. The van der Waals surface area contributed by atoms with Gasteiger partial charge in [-0.2, -0.15) is 0 Å². The summed E-state index contributed by atoms with van der Waals surface area (Å²) in [6.45, 7) is 4.11. The summed E-state index contributed by atoms with van der Waals surface area (Å²) in [6, 6.07) is 9.76. The summed E-state index contributed by atoms with van der Waals surface area (Å²) >= 11 is 1.48. The van der Waals surface area contributed by atoms with E-state index >= 15 is 0 Å². The number of nitrogens with zero attached hydrogens (tertiary/aromatic N) is 2. The molecule has 2 atom stereocenters. The van der Waals surface area contributed by atoms with E-state index in [1.165, 1.54) is 33.6 Å². The van der Waals surface area contributed by atoms with Gasteiger partial charge in [-0.05, 0) is 24.1 Å². The Morgan fingerprint density at radius 2 is 2.05 bits per heavy atom. The lowest BCUT2D eigenvalue weighted by molar-refractivity contribution is 0.0674. The number of pyridine rings is 1. The van der Waals surface area contributed by atoms with Crippen LogP contribution >= 0.6 is 11.8 Å². The molecule has 2 aliphatic rings. The SMILES string of the molecule is CC[C@@H](/C=C/COc1cc(F)c(F)c2c1[C@H](C)c1ccccc1SC2)N1CNn2ccc(=O)c(O)c2C1=O. The first kappa shape index (κ1) is 25.8. The van der Waals surface area contributed by atoms with Crippen molar-refractivity contribution >= 4 is 17.7 Å². The van der Waals surface area contributed by atoms with E-state index in [1.54, 1.807) is 12.2 Å². The summed E-state index contributed by atoms with van der Waals surface area (Å²) in [5.41, 5.74) is 4.21. The fourth-order valence-electron chi connectivity index (χ4n) is 4.98. The third kappa shape index (κ3) is 4.53. The molecule has 0 saturated carbocycles. The summed E-state index contributed by atoms with van der Waals surface area (Å²) < 4.78 is 36.7. The van der Waals surface area contributed by atoms with Crippen LogP contribution in [0.15, 0.2) is 64.4 Å². The molecule has 3 aromatic rings. The van der Waals surface area contributed by atoms with Gasteiger partial charge in [-0.3, -0.25) is 14.3 Å². The molecule has 2 N–H and O–H groups in total. The number of halogens is 2. The number of hydrogen-bond donors (Lipinski definition) is 2. The van der Waals surface area contributed by atoms with Crippen molar-refractivity contribution in [3.8, 4) is 11.5 Å². The molecule has 5 rings (SSSR count). The molecule has 0 radical (unpaired) electrons. The molecular weight excluding hydrogens is 512 g/mol. The Kier molecular flexibility index (Phi) is 7.16. The van der Waals surface area contributed by atoms with Crippen molar-refractivity contribution in [3.63, 3.8) is 0 Å². The van der Waals surface area contributed by atoms with Gasteiger partial charge in [-0.15, -0.1) is 11.8 Å². The molecule has 0 fully saturated rings. The van der Waals surface area contributed by atoms with Gasteiger partial charge < -0.3 is 20.2 Å². The van der Waals surface area contributed by atoms with Crippen molar-refractivity contribution in [3.05, 3.63) is 99.0 Å². The average molecular weight is 540 g/mol. The number of nitrogens with one attached hydrogen (secondary N) is 1. The summed E-state index contributed by atoms with van der Waals surface area (Å²) in [4.78, 5) is 27.4. The number of amides is 1. The number of carbonyl (C=O) groups excluding carboxylic acids is 1. The Bertz CT molecular complexity index is 1490. The Labute approximate surface area is 222 Å². The summed E-state index contributed by atoms with van der Waals surface area (Å²) in [5.74, 6) is -2.49. The van der Waals surface area contributed by atoms with Crippen LogP contribution in [0.25, 0.3) is 0 Å². The molecule has 0 unspecified atom stereocenters. The maximum atomic E-state index is 14.8. The van der Waals surface area contributed by atoms with Crippen molar-refractivity contribution in [1.29, 1.82) is 0 Å². The topological polar surface area (TPSA) is 83.8 Å². The van der Waals surface area contributed by atoms with Gasteiger partial charge in [-0.25, -0.2) is 8.78 Å². The normalized spacial score (nSPS) is 17.3. The van der Waals surface area contributed by atoms with Gasteiger partial charge >= 0.3 is 0 Å². The van der Waals surface area contributed by atoms with Gasteiger partial charge in [0.25, 0.3) is 5.91 Å². The van der Waals surface area contributed by atoms with Crippen molar-refractivity contribution in [2.45, 2.75) is 42.9 Å². The van der Waals surface area contributed by atoms with Gasteiger partial charge in [0.1, 0.15) is 19.0 Å². The van der Waals surface area contributed by atoms with Gasteiger partial charge in [-0.1, -0.05) is 38.1 Å². The molecule has 0 aliphatic carbocycles. The third-order valence-corrected chi connectivity index (χ3v) is 8.09. The Hall–Kier alpha value is -3.79. The minimum atomic E-state index is -0.952. The second kappa shape index (κ2) is 10.5. The maximum Gasteiger partial charge on any atom is 0.278 e. The minimum Gasteiger partial charge on any atom is -0.502 e. The number of carbonyl (C=O) groups is 1. The summed E-state index contributed by atoms with van der Waals surface area (Å²) in [7, 11) is 0. The fourth-order valence-corrected chi connectivity index (χ4v) is 6.15. The Morgan fingerprint density at radius 1 is 1.26 bits per heavy atom. The monoisotopic (exact) mass is 539 g/mol. The molecule has 198 valence electrons. The van der Waals surface area contributed by atoms with Crippen LogP contribution in [-0.4, -0.2) is 39.9 Å². The van der Waals surface area contributed by atoms with E-state index in [0.29, 0.717) is 23.3 Å². The molecule has 0 bridgehead atoms. The quantitative estimate of drug-likeness (QED) is 0.431. The number of aromatic hydroxyl groups is 1. The summed E-state index contributed by atoms with van der Waals surface area (Å²) in [5, 5.41) is 10.2. The van der Waals surface area contributed by atoms with E-state index in [-0.39, 0.29) is 36.7 Å². The van der Waals surface area contributed by atoms with Crippen LogP contribution in [-0.2, 0) is 5.75 Å². The van der Waals surface area contributed by atoms with Crippen molar-refractivity contribution in [2.75, 3.05) is 18.7 Å². The van der Waals surface area contributed by atoms with E-state index in [1.807, 2.05) is 38.1 Å². The summed E-state index contributed by atoms with van der Waals surface area (Å²) in [6.07, 6.45) is 5.49. The number of aromatic nitrogens is 1. The number of hydrogen-bond acceptors (Lipinski definition) is 6. The minimum absolute atomic E-state index is 0.0757. The maximum absolute atomic E-state index is 14.8. The number of ether oxygens (including phenoxy) is 1. The fraction of sp³-hybridized carbons (Fsp3) is 0.286. The van der Waals surface area contributed by atoms with Crippen molar-refractivity contribution in [1.82, 2.24) is 9.58 Å². The zero-order valence-electron chi connectivity index (χ0n) is 20.9. The zero-order valence-corrected chi connectivity index (χ0v) is 21.7. The highest BCUT2D eigenvalue weighted by Gasteiger charge is 2.31. The molecule has 2 aromatic carbocycles. The highest BCUT2D eigenvalue weighted by Crippen LogP contribution is 2.45. The molecule has 0 spiro atoms. The average Bonchev–Trinajstić information content (AvgIpc) is 3.06. The van der Waals surface area contributed by atoms with Crippen LogP contribution in [0.5, 0.6) is 11.5 Å². The first-order valence-corrected chi connectivity index (χ1v) is 13.3. The molecular formula is C28H27F2N3O4S. The second-order valence-electron chi connectivity index (χ2n) is 9.16. The lowest BCUT2D eigenvalue weighted by Gasteiger charge is -2.35. The van der Waals surface area contributed by atoms with Gasteiger partial charge in [0.05, 0.1) is 6.04 Å². The number of benzene rings is 2. The smallest absolute Gasteiger partial charge is 0.278 e. The lowest BCUT2D eigenvalue weighted by Crippen LogP contribution is -2.50. The molecule has 7 nitrogen and oxygen atoms in total. The van der Waals surface area contributed by atoms with E-state index < -0.39 is 28.7 Å². The third-order valence-electron chi connectivity index (χ3n) is 6.97. The van der Waals surface area contributed by atoms with Crippen molar-refractivity contribution in [2.24, 2.45) is 0 Å². The second-order valence-corrected chi connectivity index (χ2v) is 10.2. The van der Waals surface area contributed by atoms with Gasteiger partial charge in [0, 0.05) is 46.0 Å². The van der Waals surface area contributed by atoms with E-state index in [9.17, 15) is 23.5 Å². The standard InChI is InChI=1S/C28H27F2N3O4S/c1-3-17(32-15-31-33-11-10-21(34)27(35)26(33)28(32)36)7-6-12-37-22-13-20(29)25(30)19-14-38-23-9-5-4-8-18(23)16(2)24(19)22/h4-11,13,16-17,31,35H,3,12,14-15H2,1-2H3/b7-6+/t16-,17+/m1/s1. The van der Waals surface area contributed by atoms with Crippen LogP contribution in [0.1, 0.15) is 53.4 Å². The molecule has 38 heavy (non-hydrogen) atoms. The van der Waals surface area contributed by atoms with Crippen molar-refractivity contribution < 1.29 is 23.4 Å². The van der Waals surface area contributed by atoms with E-state index in [2.05, 4.69) is 5.43 Å². The zero-order chi connectivity index (χ0) is 27.0. The molecule has 2 aliphatic heterocycles. The van der Waals surface area contributed by atoms with Crippen LogP contribution in [0, 0.1) is 11.6 Å². The molecule has 0 saturated heterocycles. The Morgan fingerprint density at radius 3 is 2.84 bits per heavy atom. The molecule has 3 heterocycles. The number of fused-ring (bicyclic) bond motifs is 3. The Balaban J connectivity index is 1.36. The predicted molar refractivity (Wildman–Crippen MR) is 141 cm³/mol. The lowest BCUT2D eigenvalue weighted by atomic mass is 9.89. The van der Waals surface area contributed by atoms with Crippen LogP contribution < -0.4 is 15.6 Å². The molecule has 1 amide bonds. The van der Waals surface area contributed by atoms with Crippen LogP contribution in [0.4, 0.5) is 8.78 Å². The highest BCUT2D eigenvalue weighted by molar-refractivity contribution is 7.98. The first-order valence-electron chi connectivity index (χ1n) is 12.3. The largest absolute Gasteiger partial charge is 0.502 e. The predicted octanol–water partition coefficient (Wildman–Crippen LogP) is 4.96. The number of thioether (sulfide) groups is 1. The van der Waals surface area contributed by atoms with E-state index in [4.69, 9.17) is 4.74 Å². The number of rotatable bonds is 6. The van der Waals surface area contributed by atoms with Gasteiger partial charge in [0.2, 0.25) is 5.43 Å². The molecule has 10 heteroatoms. The first-order chi connectivity index (χ1) is 18.3. The van der Waals surface area contributed by atoms with Gasteiger partial charge in [0.15, 0.2) is 23.1 Å². The highest BCUT2D eigenvalue weighted by atomic mass is 32.2.